The minimum Gasteiger partial charge on any atom is -0.457 e. The fourth-order valence-electron chi connectivity index (χ4n) is 5.74. The van der Waals surface area contributed by atoms with Crippen molar-refractivity contribution in [3.05, 3.63) is 59.7 Å². The van der Waals surface area contributed by atoms with Gasteiger partial charge < -0.3 is 34.3 Å². The summed E-state index contributed by atoms with van der Waals surface area (Å²) in [5.74, 6) is 1.29. The normalized spacial score (nSPS) is 22.1. The molecule has 6 rings (SSSR count). The first-order chi connectivity index (χ1) is 21.7. The summed E-state index contributed by atoms with van der Waals surface area (Å²) >= 11 is 0. The van der Waals surface area contributed by atoms with E-state index < -0.39 is 24.5 Å². The van der Waals surface area contributed by atoms with Gasteiger partial charge in [0.15, 0.2) is 47.3 Å². The van der Waals surface area contributed by atoms with Crippen molar-refractivity contribution < 1.29 is 28.3 Å². The van der Waals surface area contributed by atoms with Crippen molar-refractivity contribution in [3.8, 4) is 0 Å². The van der Waals surface area contributed by atoms with Crippen LogP contribution in [-0.4, -0.2) is 80.9 Å². The molecule has 0 radical (unpaired) electrons. The molecular weight excluding hydrogens is 568 g/mol. The maximum Gasteiger partial charge on any atom is 0.293 e. The third-order valence-electron chi connectivity index (χ3n) is 7.99. The van der Waals surface area contributed by atoms with Gasteiger partial charge in [-0.3, -0.25) is 14.2 Å². The molecule has 0 saturated carbocycles. The number of imidazole rings is 1. The number of fused-ring (bicyclic) bond motifs is 1. The number of piperidine rings is 1. The number of benzene rings is 1. The number of anilines is 2. The van der Waals surface area contributed by atoms with Crippen molar-refractivity contribution in [2.75, 3.05) is 36.8 Å². The van der Waals surface area contributed by atoms with Crippen LogP contribution in [-0.2, 0) is 36.8 Å². The van der Waals surface area contributed by atoms with Gasteiger partial charge in [0.1, 0.15) is 0 Å². The Morgan fingerprint density at radius 1 is 1.02 bits per heavy atom. The molecule has 232 valence electrons. The highest BCUT2D eigenvalue weighted by molar-refractivity contribution is 5.84. The summed E-state index contributed by atoms with van der Waals surface area (Å²) in [6.07, 6.45) is 2.02. The van der Waals surface area contributed by atoms with Crippen molar-refractivity contribution in [1.29, 1.82) is 0 Å². The summed E-state index contributed by atoms with van der Waals surface area (Å²) in [4.78, 5) is 39.8. The smallest absolute Gasteiger partial charge is 0.293 e. The lowest BCUT2D eigenvalue weighted by Gasteiger charge is -2.26. The number of hydrogen-bond acceptors (Lipinski definition) is 13. The van der Waals surface area contributed by atoms with Crippen LogP contribution < -0.4 is 10.6 Å². The van der Waals surface area contributed by atoms with Crippen LogP contribution in [0.25, 0.3) is 11.2 Å². The van der Waals surface area contributed by atoms with Crippen LogP contribution in [0.3, 0.4) is 0 Å². The predicted molar refractivity (Wildman–Crippen MR) is 158 cm³/mol. The van der Waals surface area contributed by atoms with Crippen molar-refractivity contribution in [1.82, 2.24) is 29.6 Å². The van der Waals surface area contributed by atoms with E-state index in [1.54, 1.807) is 17.0 Å². The number of likely N-dealkylation sites (tertiary alicyclic amines) is 1. The third kappa shape index (κ3) is 6.36. The zero-order valence-corrected chi connectivity index (χ0v) is 24.5. The van der Waals surface area contributed by atoms with Gasteiger partial charge in [-0.05, 0) is 37.9 Å². The highest BCUT2D eigenvalue weighted by Gasteiger charge is 2.51. The molecule has 14 heteroatoms. The topological polar surface area (TPSA) is 159 Å². The van der Waals surface area contributed by atoms with Crippen molar-refractivity contribution in [3.63, 3.8) is 0 Å². The van der Waals surface area contributed by atoms with Crippen LogP contribution in [0.15, 0.2) is 47.2 Å². The number of carbonyl (C=O) groups is 2. The Labute approximate surface area is 254 Å². The first kappa shape index (κ1) is 29.5. The molecule has 0 spiro atoms. The highest BCUT2D eigenvalue weighted by atomic mass is 16.6. The maximum absolute atomic E-state index is 11.6. The number of hydrogen-bond donors (Lipinski definition) is 2. The van der Waals surface area contributed by atoms with E-state index in [-0.39, 0.29) is 0 Å². The van der Waals surface area contributed by atoms with E-state index in [4.69, 9.17) is 28.7 Å². The van der Waals surface area contributed by atoms with Crippen LogP contribution in [0.2, 0.25) is 0 Å². The SMILES string of the molecule is CCc1cc([C@H]2O[C@@H](n3cnc4c(NCc5ccccc5)nc(NCCN5CCCCC5)nc43)[C@H](OC=O)[C@@H]2OC=O)on1. The average molecular weight is 605 g/mol. The number of nitrogens with one attached hydrogen (secondary N) is 2. The van der Waals surface area contributed by atoms with Crippen molar-refractivity contribution in [2.45, 2.75) is 63.7 Å². The van der Waals surface area contributed by atoms with Gasteiger partial charge in [-0.25, -0.2) is 4.98 Å². The molecule has 4 atom stereocenters. The molecule has 1 aromatic carbocycles. The Morgan fingerprint density at radius 2 is 1.82 bits per heavy atom. The summed E-state index contributed by atoms with van der Waals surface area (Å²) in [5, 5.41) is 10.8. The molecular formula is C30H36N8O6. The van der Waals surface area contributed by atoms with E-state index in [0.717, 1.165) is 25.2 Å². The second kappa shape index (κ2) is 13.8. The Morgan fingerprint density at radius 3 is 2.57 bits per heavy atom. The predicted octanol–water partition coefficient (Wildman–Crippen LogP) is 3.24. The second-order valence-electron chi connectivity index (χ2n) is 10.8. The molecule has 2 saturated heterocycles. The van der Waals surface area contributed by atoms with Crippen LogP contribution in [0.1, 0.15) is 55.5 Å². The summed E-state index contributed by atoms with van der Waals surface area (Å²) < 4.78 is 24.4. The quantitative estimate of drug-likeness (QED) is 0.202. The van der Waals surface area contributed by atoms with Gasteiger partial charge in [0.25, 0.3) is 12.9 Å². The third-order valence-corrected chi connectivity index (χ3v) is 7.99. The zero-order valence-electron chi connectivity index (χ0n) is 24.5. The number of aromatic nitrogens is 5. The average Bonchev–Trinajstić information content (AvgIpc) is 3.79. The lowest BCUT2D eigenvalue weighted by Crippen LogP contribution is -2.34. The first-order valence-corrected chi connectivity index (χ1v) is 15.0. The van der Waals surface area contributed by atoms with Gasteiger partial charge in [-0.15, -0.1) is 0 Å². The Bertz CT molecular complexity index is 1540. The standard InChI is InChI=1S/C30H36N8O6/c1-2-21-15-22(44-36-21)24-25(41-18-39)26(42-19-40)29(43-24)38-17-33-23-27(32-16-20-9-5-3-6-10-20)34-30(35-28(23)38)31-11-14-37-12-7-4-8-13-37/h3,5-6,9-10,15,17-19,24-26,29H,2,4,7-8,11-14,16H2,1H3,(H2,31,32,34,35)/t24-,25-,26-,29-/m1/s1. The van der Waals surface area contributed by atoms with Gasteiger partial charge in [0.05, 0.1) is 12.0 Å². The lowest BCUT2D eigenvalue weighted by molar-refractivity contribution is -0.151. The van der Waals surface area contributed by atoms with Crippen LogP contribution >= 0.6 is 0 Å². The molecule has 3 aromatic heterocycles. The monoisotopic (exact) mass is 604 g/mol. The zero-order chi connectivity index (χ0) is 30.3. The summed E-state index contributed by atoms with van der Waals surface area (Å²) in [5.41, 5.74) is 2.73. The number of rotatable bonds is 14. The van der Waals surface area contributed by atoms with Gasteiger partial charge in [-0.2, -0.15) is 9.97 Å². The van der Waals surface area contributed by atoms with E-state index in [9.17, 15) is 9.59 Å². The van der Waals surface area contributed by atoms with E-state index in [2.05, 4.69) is 25.7 Å². The van der Waals surface area contributed by atoms with Gasteiger partial charge in [-0.1, -0.05) is 48.8 Å². The van der Waals surface area contributed by atoms with Gasteiger partial charge in [0, 0.05) is 25.7 Å². The number of nitrogens with zero attached hydrogens (tertiary/aromatic N) is 6. The summed E-state index contributed by atoms with van der Waals surface area (Å²) in [6.45, 7) is 6.78. The lowest BCUT2D eigenvalue weighted by atomic mass is 10.1. The Balaban J connectivity index is 1.33. The van der Waals surface area contributed by atoms with E-state index >= 15 is 0 Å². The molecule has 0 bridgehead atoms. The van der Waals surface area contributed by atoms with E-state index in [1.165, 1.54) is 19.3 Å². The number of carbonyl (C=O) groups excluding carboxylic acids is 2. The van der Waals surface area contributed by atoms with E-state index in [1.807, 2.05) is 37.3 Å². The minimum atomic E-state index is -1.03. The molecule has 0 amide bonds. The molecule has 5 heterocycles. The number of ether oxygens (including phenoxy) is 3. The molecule has 0 unspecified atom stereocenters. The molecule has 2 aliphatic heterocycles. The molecule has 2 fully saturated rings. The van der Waals surface area contributed by atoms with Crippen molar-refractivity contribution >= 4 is 35.9 Å². The maximum atomic E-state index is 11.6. The van der Waals surface area contributed by atoms with Gasteiger partial charge in [0.2, 0.25) is 5.95 Å². The Hall–Kier alpha value is -4.56. The number of aryl methyl sites for hydroxylation is 1. The molecule has 44 heavy (non-hydrogen) atoms. The molecule has 4 aromatic rings. The molecule has 14 nitrogen and oxygen atoms in total. The second-order valence-corrected chi connectivity index (χ2v) is 10.8. The molecule has 2 aliphatic rings. The van der Waals surface area contributed by atoms with E-state index in [0.29, 0.717) is 66.8 Å². The Kier molecular flexibility index (Phi) is 9.27. The highest BCUT2D eigenvalue weighted by Crippen LogP contribution is 2.43. The largest absolute Gasteiger partial charge is 0.457 e. The fourth-order valence-corrected chi connectivity index (χ4v) is 5.74. The van der Waals surface area contributed by atoms with Crippen LogP contribution in [0.4, 0.5) is 11.8 Å². The summed E-state index contributed by atoms with van der Waals surface area (Å²) in [6, 6.07) is 11.7. The van der Waals surface area contributed by atoms with Crippen LogP contribution in [0, 0.1) is 0 Å². The minimum absolute atomic E-state index is 0.297. The van der Waals surface area contributed by atoms with Crippen molar-refractivity contribution in [2.24, 2.45) is 0 Å². The fraction of sp³-hybridized carbons (Fsp3) is 0.467. The molecule has 2 N–H and O–H groups in total. The van der Waals surface area contributed by atoms with Crippen LogP contribution in [0.5, 0.6) is 0 Å². The summed E-state index contributed by atoms with van der Waals surface area (Å²) in [7, 11) is 0. The van der Waals surface area contributed by atoms with Gasteiger partial charge >= 0.3 is 0 Å². The first-order valence-electron chi connectivity index (χ1n) is 15.0. The molecule has 0 aliphatic carbocycles.